The Morgan fingerprint density at radius 2 is 1.94 bits per heavy atom. The fourth-order valence-electron chi connectivity index (χ4n) is 2.57. The molecule has 0 saturated heterocycles. The van der Waals surface area contributed by atoms with Gasteiger partial charge in [-0.05, 0) is 62.7 Å². The molecule has 0 aliphatic heterocycles. The molecule has 0 N–H and O–H groups in total. The van der Waals surface area contributed by atoms with Gasteiger partial charge in [-0.1, -0.05) is 42.7 Å². The Morgan fingerprint density at radius 3 is 2.53 bits per heavy atom. The number of benzene rings is 1. The molecule has 1 aliphatic rings. The van der Waals surface area contributed by atoms with Crippen molar-refractivity contribution in [3.63, 3.8) is 0 Å². The van der Waals surface area contributed by atoms with E-state index in [-0.39, 0.29) is 0 Å². The molecule has 17 heavy (non-hydrogen) atoms. The zero-order valence-corrected chi connectivity index (χ0v) is 11.5. The molecule has 0 spiro atoms. The van der Waals surface area contributed by atoms with Crippen LogP contribution in [0.25, 0.3) is 5.57 Å². The van der Waals surface area contributed by atoms with E-state index in [4.69, 9.17) is 0 Å². The zero-order valence-electron chi connectivity index (χ0n) is 11.5. The van der Waals surface area contributed by atoms with E-state index in [9.17, 15) is 0 Å². The minimum absolute atomic E-state index is 1.27. The maximum absolute atomic E-state index is 2.38. The Labute approximate surface area is 106 Å². The van der Waals surface area contributed by atoms with Crippen molar-refractivity contribution in [2.24, 2.45) is 0 Å². The van der Waals surface area contributed by atoms with Crippen molar-refractivity contribution in [2.45, 2.75) is 59.3 Å². The van der Waals surface area contributed by atoms with Crippen LogP contribution in [0.15, 0.2) is 23.8 Å². The van der Waals surface area contributed by atoms with Crippen molar-refractivity contribution in [1.82, 2.24) is 0 Å². The second kappa shape index (κ2) is 5.53. The van der Waals surface area contributed by atoms with Gasteiger partial charge in [-0.15, -0.1) is 0 Å². The quantitative estimate of drug-likeness (QED) is 0.644. The second-order valence-electron chi connectivity index (χ2n) is 5.36. The lowest BCUT2D eigenvalue weighted by molar-refractivity contribution is 0.658. The summed E-state index contributed by atoms with van der Waals surface area (Å²) in [6, 6.07) is 6.88. The Morgan fingerprint density at radius 1 is 1.18 bits per heavy atom. The van der Waals surface area contributed by atoms with E-state index in [1.807, 2.05) is 0 Å². The van der Waals surface area contributed by atoms with Crippen LogP contribution in [0.2, 0.25) is 0 Å². The molecule has 1 fully saturated rings. The molecule has 0 aromatic heterocycles. The summed E-state index contributed by atoms with van der Waals surface area (Å²) in [4.78, 5) is 0. The molecule has 0 heterocycles. The molecule has 0 bridgehead atoms. The van der Waals surface area contributed by atoms with Gasteiger partial charge in [0.2, 0.25) is 0 Å². The highest BCUT2D eigenvalue weighted by Gasteiger charge is 2.16. The first-order valence-corrected chi connectivity index (χ1v) is 7.01. The van der Waals surface area contributed by atoms with Gasteiger partial charge in [0.05, 0.1) is 0 Å². The summed E-state index contributed by atoms with van der Waals surface area (Å²) in [6.07, 6.45) is 7.97. The summed E-state index contributed by atoms with van der Waals surface area (Å²) >= 11 is 0. The number of unbranched alkanes of at least 4 members (excludes halogenated alkanes) is 1. The summed E-state index contributed by atoms with van der Waals surface area (Å²) < 4.78 is 0. The van der Waals surface area contributed by atoms with Crippen molar-refractivity contribution in [3.8, 4) is 0 Å². The van der Waals surface area contributed by atoms with Gasteiger partial charge in [0.25, 0.3) is 0 Å². The third-order valence-electron chi connectivity index (χ3n) is 3.88. The van der Waals surface area contributed by atoms with E-state index < -0.39 is 0 Å². The molecule has 92 valence electrons. The molecular weight excluding hydrogens is 204 g/mol. The molecule has 0 amide bonds. The fourth-order valence-corrected chi connectivity index (χ4v) is 2.57. The monoisotopic (exact) mass is 228 g/mol. The second-order valence-corrected chi connectivity index (χ2v) is 5.36. The highest BCUT2D eigenvalue weighted by Crippen LogP contribution is 2.37. The van der Waals surface area contributed by atoms with E-state index >= 15 is 0 Å². The standard InChI is InChI=1S/C17H24/c1-4-5-9-16(15-7-6-8-15)17-12-13(2)10-11-14(17)3/h10-12H,4-9H2,1-3H3. The molecule has 0 nitrogen and oxygen atoms in total. The lowest BCUT2D eigenvalue weighted by atomic mass is 9.82. The Balaban J connectivity index is 2.35. The van der Waals surface area contributed by atoms with Crippen LogP contribution in [0, 0.1) is 13.8 Å². The van der Waals surface area contributed by atoms with Crippen LogP contribution in [0.1, 0.15) is 62.1 Å². The molecule has 0 heteroatoms. The maximum Gasteiger partial charge on any atom is -0.0193 e. The molecule has 1 aromatic rings. The smallest absolute Gasteiger partial charge is 0.0193 e. The topological polar surface area (TPSA) is 0 Å². The van der Waals surface area contributed by atoms with Gasteiger partial charge in [0.15, 0.2) is 0 Å². The third kappa shape index (κ3) is 2.80. The van der Waals surface area contributed by atoms with Crippen LogP contribution >= 0.6 is 0 Å². The predicted molar refractivity (Wildman–Crippen MR) is 76.2 cm³/mol. The summed E-state index contributed by atoms with van der Waals surface area (Å²) in [5.41, 5.74) is 7.75. The van der Waals surface area contributed by atoms with Gasteiger partial charge in [-0.25, -0.2) is 0 Å². The summed E-state index contributed by atoms with van der Waals surface area (Å²) in [6.45, 7) is 6.73. The van der Waals surface area contributed by atoms with Crippen molar-refractivity contribution in [1.29, 1.82) is 0 Å². The van der Waals surface area contributed by atoms with Crippen molar-refractivity contribution in [2.75, 3.05) is 0 Å². The van der Waals surface area contributed by atoms with Gasteiger partial charge < -0.3 is 0 Å². The number of aryl methyl sites for hydroxylation is 2. The highest BCUT2D eigenvalue weighted by molar-refractivity contribution is 5.72. The normalized spacial score (nSPS) is 14.6. The minimum Gasteiger partial charge on any atom is -0.0664 e. The van der Waals surface area contributed by atoms with Gasteiger partial charge >= 0.3 is 0 Å². The van der Waals surface area contributed by atoms with E-state index in [1.54, 1.807) is 11.1 Å². The van der Waals surface area contributed by atoms with Crippen LogP contribution in [0.3, 0.4) is 0 Å². The maximum atomic E-state index is 2.38. The van der Waals surface area contributed by atoms with Crippen LogP contribution in [0.4, 0.5) is 0 Å². The van der Waals surface area contributed by atoms with Crippen molar-refractivity contribution < 1.29 is 0 Å². The Bertz CT molecular complexity index is 418. The average molecular weight is 228 g/mol. The number of allylic oxidation sites excluding steroid dienone is 2. The minimum atomic E-state index is 1.27. The van der Waals surface area contributed by atoms with Crippen LogP contribution < -0.4 is 0 Å². The fraction of sp³-hybridized carbons (Fsp3) is 0.529. The van der Waals surface area contributed by atoms with Crippen LogP contribution in [-0.2, 0) is 0 Å². The molecule has 0 radical (unpaired) electrons. The first-order valence-electron chi connectivity index (χ1n) is 7.01. The molecule has 0 atom stereocenters. The summed E-state index contributed by atoms with van der Waals surface area (Å²) in [5, 5.41) is 0. The van der Waals surface area contributed by atoms with E-state index in [2.05, 4.69) is 39.0 Å². The Kier molecular flexibility index (Phi) is 4.04. The SMILES string of the molecule is CCCCC(=C1CCC1)c1cc(C)ccc1C. The van der Waals surface area contributed by atoms with Gasteiger partial charge in [0, 0.05) is 0 Å². The first kappa shape index (κ1) is 12.4. The molecule has 1 aromatic carbocycles. The predicted octanol–water partition coefficient (Wildman–Crippen LogP) is 5.43. The summed E-state index contributed by atoms with van der Waals surface area (Å²) in [7, 11) is 0. The lowest BCUT2D eigenvalue weighted by Gasteiger charge is -2.24. The van der Waals surface area contributed by atoms with Crippen molar-refractivity contribution >= 4 is 5.57 Å². The number of rotatable bonds is 4. The molecular formula is C17H24. The average Bonchev–Trinajstić information content (AvgIpc) is 2.25. The molecule has 0 unspecified atom stereocenters. The van der Waals surface area contributed by atoms with Gasteiger partial charge in [-0.3, -0.25) is 0 Å². The Hall–Kier alpha value is -1.04. The van der Waals surface area contributed by atoms with Gasteiger partial charge in [-0.2, -0.15) is 0 Å². The van der Waals surface area contributed by atoms with Crippen LogP contribution in [-0.4, -0.2) is 0 Å². The molecule has 1 saturated carbocycles. The number of hydrogen-bond donors (Lipinski definition) is 0. The molecule has 2 rings (SSSR count). The van der Waals surface area contributed by atoms with Crippen LogP contribution in [0.5, 0.6) is 0 Å². The van der Waals surface area contributed by atoms with E-state index in [0.717, 1.165) is 0 Å². The first-order chi connectivity index (χ1) is 8.22. The van der Waals surface area contributed by atoms with E-state index in [1.165, 1.54) is 55.2 Å². The zero-order chi connectivity index (χ0) is 12.3. The van der Waals surface area contributed by atoms with Crippen molar-refractivity contribution in [3.05, 3.63) is 40.5 Å². The lowest BCUT2D eigenvalue weighted by Crippen LogP contribution is -2.03. The third-order valence-corrected chi connectivity index (χ3v) is 3.88. The van der Waals surface area contributed by atoms with E-state index in [0.29, 0.717) is 0 Å². The number of hydrogen-bond acceptors (Lipinski definition) is 0. The van der Waals surface area contributed by atoms with Gasteiger partial charge in [0.1, 0.15) is 0 Å². The molecule has 1 aliphatic carbocycles. The highest BCUT2D eigenvalue weighted by atomic mass is 14.2. The summed E-state index contributed by atoms with van der Waals surface area (Å²) in [5.74, 6) is 0. The largest absolute Gasteiger partial charge is 0.0664 e.